The molecule has 0 unspecified atom stereocenters. The first-order valence-electron chi connectivity index (χ1n) is 5.32. The summed E-state index contributed by atoms with van der Waals surface area (Å²) in [6.07, 6.45) is 1.47. The number of anilines is 2. The normalized spacial score (nSPS) is 10.8. The van der Waals surface area contributed by atoms with E-state index >= 15 is 0 Å². The fourth-order valence-electron chi connectivity index (χ4n) is 1.10. The summed E-state index contributed by atoms with van der Waals surface area (Å²) in [6, 6.07) is 2.02. The van der Waals surface area contributed by atoms with Gasteiger partial charge in [-0.15, -0.1) is 0 Å². The van der Waals surface area contributed by atoms with Crippen LogP contribution in [-0.4, -0.2) is 35.3 Å². The summed E-state index contributed by atoms with van der Waals surface area (Å²) < 4.78 is 0. The first kappa shape index (κ1) is 13.2. The number of nitriles is 1. The van der Waals surface area contributed by atoms with Crippen LogP contribution in [0.15, 0.2) is 6.20 Å². The molecule has 92 valence electrons. The van der Waals surface area contributed by atoms with Gasteiger partial charge in [0.05, 0.1) is 6.20 Å². The molecule has 0 saturated heterocycles. The van der Waals surface area contributed by atoms with Gasteiger partial charge in [0.1, 0.15) is 17.5 Å². The highest BCUT2D eigenvalue weighted by atomic mass is 16.3. The van der Waals surface area contributed by atoms with Gasteiger partial charge in [-0.05, 0) is 0 Å². The van der Waals surface area contributed by atoms with Crippen LogP contribution in [-0.2, 0) is 0 Å². The van der Waals surface area contributed by atoms with Crippen molar-refractivity contribution >= 4 is 11.8 Å². The van der Waals surface area contributed by atoms with Crippen LogP contribution in [0.3, 0.4) is 0 Å². The summed E-state index contributed by atoms with van der Waals surface area (Å²) in [5.74, 6) is 0.932. The Hall–Kier alpha value is -1.87. The van der Waals surface area contributed by atoms with Crippen molar-refractivity contribution in [1.82, 2.24) is 9.97 Å². The van der Waals surface area contributed by atoms with Crippen LogP contribution in [0.4, 0.5) is 11.8 Å². The number of aromatic nitrogens is 2. The van der Waals surface area contributed by atoms with Crippen molar-refractivity contribution in [3.05, 3.63) is 11.8 Å². The lowest BCUT2D eigenvalue weighted by Gasteiger charge is -2.22. The van der Waals surface area contributed by atoms with E-state index in [9.17, 15) is 0 Å². The van der Waals surface area contributed by atoms with Crippen LogP contribution in [0.25, 0.3) is 0 Å². The molecule has 17 heavy (non-hydrogen) atoms. The van der Waals surface area contributed by atoms with Crippen molar-refractivity contribution in [1.29, 1.82) is 5.26 Å². The number of hydrogen-bond donors (Lipinski definition) is 3. The van der Waals surface area contributed by atoms with Crippen LogP contribution >= 0.6 is 0 Å². The summed E-state index contributed by atoms with van der Waals surface area (Å²) >= 11 is 0. The minimum absolute atomic E-state index is 0.0614. The topological polar surface area (TPSA) is 93.9 Å². The Morgan fingerprint density at radius 1 is 1.53 bits per heavy atom. The zero-order chi connectivity index (χ0) is 12.9. The van der Waals surface area contributed by atoms with Crippen molar-refractivity contribution in [2.75, 3.05) is 30.8 Å². The minimum Gasteiger partial charge on any atom is -0.396 e. The molecule has 1 heterocycles. The van der Waals surface area contributed by atoms with Crippen molar-refractivity contribution < 1.29 is 5.11 Å². The summed E-state index contributed by atoms with van der Waals surface area (Å²) in [5, 5.41) is 23.9. The predicted molar refractivity (Wildman–Crippen MR) is 65.7 cm³/mol. The van der Waals surface area contributed by atoms with E-state index in [-0.39, 0.29) is 12.0 Å². The molecule has 0 bridgehead atoms. The fraction of sp³-hybridized carbons (Fsp3) is 0.545. The predicted octanol–water partition coefficient (Wildman–Crippen LogP) is 0.820. The largest absolute Gasteiger partial charge is 0.396 e. The molecule has 1 aromatic heterocycles. The molecule has 6 heteroatoms. The van der Waals surface area contributed by atoms with E-state index in [1.807, 2.05) is 19.9 Å². The van der Waals surface area contributed by atoms with Gasteiger partial charge >= 0.3 is 0 Å². The molecule has 0 saturated carbocycles. The molecule has 0 amide bonds. The number of nitrogens with one attached hydrogen (secondary N) is 2. The lowest BCUT2D eigenvalue weighted by atomic mass is 9.95. The molecule has 0 fully saturated rings. The SMILES string of the molecule is CNc1ncc(C#N)c(NCC(C)(C)CO)n1. The van der Waals surface area contributed by atoms with Gasteiger partial charge in [-0.1, -0.05) is 13.8 Å². The average Bonchev–Trinajstić information content (AvgIpc) is 2.36. The Morgan fingerprint density at radius 3 is 2.76 bits per heavy atom. The van der Waals surface area contributed by atoms with Crippen LogP contribution in [0, 0.1) is 16.7 Å². The molecule has 1 rings (SSSR count). The molecule has 0 atom stereocenters. The van der Waals surface area contributed by atoms with Crippen LogP contribution in [0.5, 0.6) is 0 Å². The Kier molecular flexibility index (Phi) is 4.24. The second kappa shape index (κ2) is 5.46. The first-order valence-corrected chi connectivity index (χ1v) is 5.32. The standard InChI is InChI=1S/C11H17N5O/c1-11(2,7-17)6-15-9-8(4-12)5-14-10(13-3)16-9/h5,17H,6-7H2,1-3H3,(H2,13,14,15,16). The minimum atomic E-state index is -0.266. The van der Waals surface area contributed by atoms with E-state index in [2.05, 4.69) is 20.6 Å². The highest BCUT2D eigenvalue weighted by Crippen LogP contribution is 2.17. The molecule has 3 N–H and O–H groups in total. The highest BCUT2D eigenvalue weighted by molar-refractivity contribution is 5.53. The van der Waals surface area contributed by atoms with Crippen molar-refractivity contribution in [2.45, 2.75) is 13.8 Å². The Morgan fingerprint density at radius 2 is 2.24 bits per heavy atom. The van der Waals surface area contributed by atoms with E-state index in [1.165, 1.54) is 6.20 Å². The number of hydrogen-bond acceptors (Lipinski definition) is 6. The summed E-state index contributed by atoms with van der Waals surface area (Å²) in [5.41, 5.74) is 0.120. The van der Waals surface area contributed by atoms with E-state index in [4.69, 9.17) is 10.4 Å². The molecular weight excluding hydrogens is 218 g/mol. The summed E-state index contributed by atoms with van der Waals surface area (Å²) in [4.78, 5) is 8.12. The highest BCUT2D eigenvalue weighted by Gasteiger charge is 2.17. The summed E-state index contributed by atoms with van der Waals surface area (Å²) in [7, 11) is 1.71. The van der Waals surface area contributed by atoms with Crippen molar-refractivity contribution in [2.24, 2.45) is 5.41 Å². The van der Waals surface area contributed by atoms with Gasteiger partial charge in [-0.3, -0.25) is 0 Å². The fourth-order valence-corrected chi connectivity index (χ4v) is 1.10. The molecule has 1 aromatic rings. The molecule has 6 nitrogen and oxygen atoms in total. The van der Waals surface area contributed by atoms with Crippen LogP contribution < -0.4 is 10.6 Å². The van der Waals surface area contributed by atoms with Crippen LogP contribution in [0.2, 0.25) is 0 Å². The van der Waals surface area contributed by atoms with Gasteiger partial charge in [0.2, 0.25) is 5.95 Å². The van der Waals surface area contributed by atoms with Gasteiger partial charge in [0.25, 0.3) is 0 Å². The number of rotatable bonds is 5. The Bertz CT molecular complexity index is 424. The maximum Gasteiger partial charge on any atom is 0.224 e. The van der Waals surface area contributed by atoms with Gasteiger partial charge < -0.3 is 15.7 Å². The van der Waals surface area contributed by atoms with Crippen molar-refractivity contribution in [3.63, 3.8) is 0 Å². The second-order valence-electron chi connectivity index (χ2n) is 4.49. The number of aliphatic hydroxyl groups is 1. The second-order valence-corrected chi connectivity index (χ2v) is 4.49. The third kappa shape index (κ3) is 3.57. The Balaban J connectivity index is 2.86. The zero-order valence-electron chi connectivity index (χ0n) is 10.3. The van der Waals surface area contributed by atoms with Gasteiger partial charge in [-0.25, -0.2) is 4.98 Å². The monoisotopic (exact) mass is 235 g/mol. The van der Waals surface area contributed by atoms with E-state index in [0.717, 1.165) is 0 Å². The Labute approximate surface area is 101 Å². The van der Waals surface area contributed by atoms with E-state index in [0.29, 0.717) is 23.9 Å². The smallest absolute Gasteiger partial charge is 0.224 e. The maximum absolute atomic E-state index is 9.15. The van der Waals surface area contributed by atoms with Gasteiger partial charge in [0, 0.05) is 25.6 Å². The molecule has 0 aromatic carbocycles. The van der Waals surface area contributed by atoms with Crippen molar-refractivity contribution in [3.8, 4) is 6.07 Å². The number of nitrogens with zero attached hydrogens (tertiary/aromatic N) is 3. The van der Waals surface area contributed by atoms with E-state index < -0.39 is 0 Å². The molecule has 0 aliphatic carbocycles. The summed E-state index contributed by atoms with van der Waals surface area (Å²) in [6.45, 7) is 4.43. The lowest BCUT2D eigenvalue weighted by Crippen LogP contribution is -2.27. The van der Waals surface area contributed by atoms with Crippen LogP contribution in [0.1, 0.15) is 19.4 Å². The number of aliphatic hydroxyl groups excluding tert-OH is 1. The van der Waals surface area contributed by atoms with Gasteiger partial charge in [-0.2, -0.15) is 10.2 Å². The molecule has 0 radical (unpaired) electrons. The maximum atomic E-state index is 9.15. The third-order valence-electron chi connectivity index (χ3n) is 2.30. The molecule has 0 aliphatic rings. The van der Waals surface area contributed by atoms with E-state index in [1.54, 1.807) is 7.05 Å². The zero-order valence-corrected chi connectivity index (χ0v) is 10.3. The average molecular weight is 235 g/mol. The quantitative estimate of drug-likeness (QED) is 0.699. The first-order chi connectivity index (χ1) is 8.02. The molecule has 0 spiro atoms. The lowest BCUT2D eigenvalue weighted by molar-refractivity contribution is 0.170. The molecular formula is C11H17N5O. The van der Waals surface area contributed by atoms with Gasteiger partial charge in [0.15, 0.2) is 0 Å². The molecule has 0 aliphatic heterocycles. The third-order valence-corrected chi connectivity index (χ3v) is 2.30.